The van der Waals surface area contributed by atoms with Gasteiger partial charge in [0.15, 0.2) is 0 Å². The summed E-state index contributed by atoms with van der Waals surface area (Å²) in [6.07, 6.45) is 2.54. The molecule has 7 rings (SSSR count). The molecular weight excluding hydrogens is 631 g/mol. The molecule has 2 aromatic carbocycles. The van der Waals surface area contributed by atoms with Gasteiger partial charge in [0.1, 0.15) is 34.7 Å². The molecule has 46 heavy (non-hydrogen) atoms. The van der Waals surface area contributed by atoms with Crippen molar-refractivity contribution in [2.75, 3.05) is 33.4 Å². The number of ether oxygens (including phenoxy) is 2. The largest absolute Gasteiger partial charge is 0.490 e. The summed E-state index contributed by atoms with van der Waals surface area (Å²) in [6.45, 7) is 5.36. The van der Waals surface area contributed by atoms with E-state index in [1.807, 2.05) is 23.6 Å². The average molecular weight is 659 g/mol. The van der Waals surface area contributed by atoms with Crippen molar-refractivity contribution < 1.29 is 27.8 Å². The van der Waals surface area contributed by atoms with Crippen LogP contribution in [0.4, 0.5) is 8.78 Å². The smallest absolute Gasteiger partial charge is 0.251 e. The molecular formula is C34H28F2N4O4S2. The van der Waals surface area contributed by atoms with Crippen molar-refractivity contribution in [2.24, 2.45) is 0 Å². The number of thiophene rings is 1. The fraction of sp³-hybridized carbons (Fsp3) is 0.235. The first-order valence-corrected chi connectivity index (χ1v) is 16.4. The molecule has 0 radical (unpaired) electrons. The molecule has 0 unspecified atom stereocenters. The number of fused-ring (bicyclic) bond motifs is 3. The van der Waals surface area contributed by atoms with E-state index in [-0.39, 0.29) is 36.3 Å². The molecule has 234 valence electrons. The lowest BCUT2D eigenvalue weighted by atomic mass is 9.94. The standard InChI is InChI=1S/C34H28F2N4O4S2/c1-3-27(41)40-10-7-24-26(17-40)46-34(38-24)31-29(28-23(36)15-20(35)16-25(28)44-12-11-43-2)32-22(8-13-45-32)30(39-31)19-4-5-21-18(14-19)6-9-37-33(21)42/h3-5,8,13-16H,1,6-7,9-12,17H2,2H3,(H,37,42). The Balaban J connectivity index is 1.47. The molecule has 0 spiro atoms. The molecule has 3 aromatic heterocycles. The van der Waals surface area contributed by atoms with Gasteiger partial charge in [-0.25, -0.2) is 18.7 Å². The molecule has 2 amide bonds. The lowest BCUT2D eigenvalue weighted by molar-refractivity contribution is -0.126. The molecule has 1 N–H and O–H groups in total. The second-order valence-electron chi connectivity index (χ2n) is 10.9. The Morgan fingerprint density at radius 3 is 2.80 bits per heavy atom. The van der Waals surface area contributed by atoms with Crippen LogP contribution < -0.4 is 10.1 Å². The number of hydrogen-bond acceptors (Lipinski definition) is 8. The minimum absolute atomic E-state index is 0.0314. The Morgan fingerprint density at radius 2 is 1.98 bits per heavy atom. The Morgan fingerprint density at radius 1 is 1.11 bits per heavy atom. The summed E-state index contributed by atoms with van der Waals surface area (Å²) in [6, 6.07) is 9.61. The minimum atomic E-state index is -0.790. The van der Waals surface area contributed by atoms with Gasteiger partial charge in [0.2, 0.25) is 5.91 Å². The summed E-state index contributed by atoms with van der Waals surface area (Å²) in [5.41, 5.74) is 4.82. The average Bonchev–Trinajstić information content (AvgIpc) is 3.71. The Hall–Kier alpha value is -4.52. The van der Waals surface area contributed by atoms with Gasteiger partial charge in [-0.2, -0.15) is 0 Å². The molecule has 2 aliphatic rings. The summed E-state index contributed by atoms with van der Waals surface area (Å²) in [5, 5.41) is 6.11. The van der Waals surface area contributed by atoms with Gasteiger partial charge in [0.05, 0.1) is 30.1 Å². The van der Waals surface area contributed by atoms with E-state index < -0.39 is 11.6 Å². The number of halogens is 2. The third-order valence-corrected chi connectivity index (χ3v) is 10.2. The maximum absolute atomic E-state index is 16.0. The van der Waals surface area contributed by atoms with Crippen LogP contribution in [0.15, 0.2) is 54.4 Å². The van der Waals surface area contributed by atoms with E-state index in [1.54, 1.807) is 11.0 Å². The lowest BCUT2D eigenvalue weighted by Gasteiger charge is -2.24. The second-order valence-corrected chi connectivity index (χ2v) is 12.9. The summed E-state index contributed by atoms with van der Waals surface area (Å²) >= 11 is 2.81. The summed E-state index contributed by atoms with van der Waals surface area (Å²) in [5.74, 6) is -1.79. The number of benzene rings is 2. The minimum Gasteiger partial charge on any atom is -0.490 e. The number of amides is 2. The van der Waals surface area contributed by atoms with Gasteiger partial charge in [-0.15, -0.1) is 22.7 Å². The van der Waals surface area contributed by atoms with Crippen LogP contribution in [-0.4, -0.2) is 60.1 Å². The molecule has 0 atom stereocenters. The first kappa shape index (κ1) is 30.2. The number of carbonyl (C=O) groups excluding carboxylic acids is 2. The topological polar surface area (TPSA) is 93.7 Å². The van der Waals surface area contributed by atoms with E-state index in [0.717, 1.165) is 37.9 Å². The Kier molecular flexibility index (Phi) is 8.09. The number of nitrogens with one attached hydrogen (secondary N) is 1. The zero-order valence-electron chi connectivity index (χ0n) is 24.8. The normalized spacial score (nSPS) is 14.2. The quantitative estimate of drug-likeness (QED) is 0.153. The number of aromatic nitrogens is 2. The Labute approximate surface area is 271 Å². The van der Waals surface area contributed by atoms with Crippen molar-refractivity contribution in [2.45, 2.75) is 19.4 Å². The highest BCUT2D eigenvalue weighted by Crippen LogP contribution is 2.48. The molecule has 2 aliphatic heterocycles. The van der Waals surface area contributed by atoms with Crippen LogP contribution in [-0.2, 0) is 28.9 Å². The van der Waals surface area contributed by atoms with E-state index in [4.69, 9.17) is 19.4 Å². The maximum Gasteiger partial charge on any atom is 0.251 e. The van der Waals surface area contributed by atoms with Gasteiger partial charge < -0.3 is 19.7 Å². The zero-order chi connectivity index (χ0) is 31.9. The van der Waals surface area contributed by atoms with Crippen LogP contribution in [0, 0.1) is 11.6 Å². The van der Waals surface area contributed by atoms with Gasteiger partial charge in [0.25, 0.3) is 5.91 Å². The summed E-state index contributed by atoms with van der Waals surface area (Å²) < 4.78 is 42.4. The van der Waals surface area contributed by atoms with E-state index in [2.05, 4.69) is 11.9 Å². The number of pyridine rings is 1. The van der Waals surface area contributed by atoms with Crippen molar-refractivity contribution in [3.8, 4) is 38.8 Å². The van der Waals surface area contributed by atoms with Crippen LogP contribution in [0.3, 0.4) is 0 Å². The Bertz CT molecular complexity index is 2040. The zero-order valence-corrected chi connectivity index (χ0v) is 26.5. The van der Waals surface area contributed by atoms with E-state index in [0.29, 0.717) is 60.0 Å². The predicted molar refractivity (Wildman–Crippen MR) is 174 cm³/mol. The van der Waals surface area contributed by atoms with Crippen molar-refractivity contribution in [3.63, 3.8) is 0 Å². The SMILES string of the molecule is C=CC(=O)N1CCc2nc(-c3nc(-c4ccc5c(c4)CCNC5=O)c4ccsc4c3-c3c(F)cc(F)cc3OCCOC)sc2C1. The van der Waals surface area contributed by atoms with E-state index in [1.165, 1.54) is 41.9 Å². The molecule has 8 nitrogen and oxygen atoms in total. The number of methoxy groups -OCH3 is 1. The highest BCUT2D eigenvalue weighted by molar-refractivity contribution is 7.18. The highest BCUT2D eigenvalue weighted by Gasteiger charge is 2.30. The molecule has 0 saturated carbocycles. The van der Waals surface area contributed by atoms with E-state index >= 15 is 4.39 Å². The third kappa shape index (κ3) is 5.36. The predicted octanol–water partition coefficient (Wildman–Crippen LogP) is 6.41. The third-order valence-electron chi connectivity index (χ3n) is 8.14. The monoisotopic (exact) mass is 658 g/mol. The molecule has 0 bridgehead atoms. The fourth-order valence-corrected chi connectivity index (χ4v) is 8.03. The number of rotatable bonds is 8. The number of hydrogen-bond donors (Lipinski definition) is 1. The fourth-order valence-electron chi connectivity index (χ4n) is 5.96. The highest BCUT2D eigenvalue weighted by atomic mass is 32.1. The van der Waals surface area contributed by atoms with Crippen LogP contribution in [0.25, 0.3) is 43.2 Å². The molecule has 12 heteroatoms. The van der Waals surface area contributed by atoms with Crippen LogP contribution in [0.5, 0.6) is 5.75 Å². The van der Waals surface area contributed by atoms with Crippen LogP contribution in [0.1, 0.15) is 26.5 Å². The summed E-state index contributed by atoms with van der Waals surface area (Å²) in [4.78, 5) is 37.7. The van der Waals surface area contributed by atoms with Gasteiger partial charge >= 0.3 is 0 Å². The van der Waals surface area contributed by atoms with Gasteiger partial charge in [-0.1, -0.05) is 12.6 Å². The summed E-state index contributed by atoms with van der Waals surface area (Å²) in [7, 11) is 1.52. The number of carbonyl (C=O) groups is 2. The second kappa shape index (κ2) is 12.3. The van der Waals surface area contributed by atoms with Crippen molar-refractivity contribution in [1.29, 1.82) is 0 Å². The number of nitrogens with zero attached hydrogens (tertiary/aromatic N) is 3. The first-order valence-electron chi connectivity index (χ1n) is 14.7. The van der Waals surface area contributed by atoms with Crippen LogP contribution in [0.2, 0.25) is 0 Å². The molecule has 5 heterocycles. The molecule has 5 aromatic rings. The number of thiazole rings is 1. The van der Waals surface area contributed by atoms with Gasteiger partial charge in [0, 0.05) is 70.4 Å². The van der Waals surface area contributed by atoms with Gasteiger partial charge in [-0.05, 0) is 41.6 Å². The van der Waals surface area contributed by atoms with Crippen LogP contribution >= 0.6 is 22.7 Å². The van der Waals surface area contributed by atoms with Gasteiger partial charge in [-0.3, -0.25) is 9.59 Å². The molecule has 0 aliphatic carbocycles. The maximum atomic E-state index is 16.0. The van der Waals surface area contributed by atoms with E-state index in [9.17, 15) is 14.0 Å². The van der Waals surface area contributed by atoms with Crippen molar-refractivity contribution in [3.05, 3.63) is 87.8 Å². The first-order chi connectivity index (χ1) is 22.4. The van der Waals surface area contributed by atoms with Crippen molar-refractivity contribution >= 4 is 44.6 Å². The molecule has 0 saturated heterocycles. The van der Waals surface area contributed by atoms with Crippen molar-refractivity contribution in [1.82, 2.24) is 20.2 Å². The molecule has 0 fully saturated rings. The lowest BCUT2D eigenvalue weighted by Crippen LogP contribution is -2.34.